The van der Waals surface area contributed by atoms with Gasteiger partial charge in [0.1, 0.15) is 17.9 Å². The van der Waals surface area contributed by atoms with Crippen molar-refractivity contribution in [1.29, 1.82) is 0 Å². The maximum atomic E-state index is 13.7. The Morgan fingerprint density at radius 2 is 2.00 bits per heavy atom. The highest BCUT2D eigenvalue weighted by molar-refractivity contribution is 9.10. The molecule has 1 aliphatic heterocycles. The fourth-order valence-electron chi connectivity index (χ4n) is 2.94. The molecule has 134 valence electrons. The molecule has 2 aromatic rings. The van der Waals surface area contributed by atoms with Crippen molar-refractivity contribution in [3.63, 3.8) is 0 Å². The number of benzodiazepines with no additional fused rings is 1. The van der Waals surface area contributed by atoms with Gasteiger partial charge < -0.3 is 5.11 Å². The predicted molar refractivity (Wildman–Crippen MR) is 100 cm³/mol. The molecule has 0 radical (unpaired) electrons. The van der Waals surface area contributed by atoms with Gasteiger partial charge in [0, 0.05) is 15.6 Å². The fourth-order valence-corrected chi connectivity index (χ4v) is 3.50. The van der Waals surface area contributed by atoms with E-state index in [1.165, 1.54) is 24.0 Å². The van der Waals surface area contributed by atoms with Gasteiger partial charge in [-0.15, -0.1) is 0 Å². The summed E-state index contributed by atoms with van der Waals surface area (Å²) < 4.78 is 14.3. The lowest BCUT2D eigenvalue weighted by molar-refractivity contribution is -0.139. The second kappa shape index (κ2) is 6.99. The summed E-state index contributed by atoms with van der Waals surface area (Å²) >= 11 is 3.42. The van der Waals surface area contributed by atoms with Crippen molar-refractivity contribution < 1.29 is 19.1 Å². The molecule has 2 unspecified atom stereocenters. The van der Waals surface area contributed by atoms with Gasteiger partial charge in [-0.05, 0) is 48.0 Å². The normalized spacial score (nSPS) is 18.0. The first kappa shape index (κ1) is 18.3. The number of para-hydroxylation sites is 1. The summed E-state index contributed by atoms with van der Waals surface area (Å²) in [6, 6.07) is 9.30. The topological polar surface area (TPSA) is 70.0 Å². The highest BCUT2D eigenvalue weighted by Gasteiger charge is 2.36. The van der Waals surface area contributed by atoms with Gasteiger partial charge in [0.2, 0.25) is 0 Å². The molecule has 26 heavy (non-hydrogen) atoms. The summed E-state index contributed by atoms with van der Waals surface area (Å²) in [7, 11) is 0. The first-order valence-corrected chi connectivity index (χ1v) is 8.79. The van der Waals surface area contributed by atoms with E-state index < -0.39 is 29.8 Å². The Hall–Kier alpha value is -2.54. The second-order valence-corrected chi connectivity index (χ2v) is 6.88. The molecule has 7 heteroatoms. The molecule has 1 N–H and O–H groups in total. The molecule has 0 saturated carbocycles. The first-order chi connectivity index (χ1) is 12.3. The molecular weight excluding hydrogens is 403 g/mol. The zero-order valence-electron chi connectivity index (χ0n) is 14.1. The molecule has 1 amide bonds. The predicted octanol–water partition coefficient (Wildman–Crippen LogP) is 3.63. The largest absolute Gasteiger partial charge is 0.480 e. The minimum Gasteiger partial charge on any atom is -0.480 e. The maximum absolute atomic E-state index is 13.7. The van der Waals surface area contributed by atoms with Crippen LogP contribution in [0.5, 0.6) is 0 Å². The lowest BCUT2D eigenvalue weighted by atomic mass is 9.99. The maximum Gasteiger partial charge on any atom is 0.326 e. The Balaban J connectivity index is 2.30. The Bertz CT molecular complexity index is 929. The van der Waals surface area contributed by atoms with Gasteiger partial charge in [0.25, 0.3) is 5.91 Å². The molecule has 1 heterocycles. The summed E-state index contributed by atoms with van der Waals surface area (Å²) in [6.07, 6.45) is 0. The number of halogens is 2. The molecule has 0 spiro atoms. The molecule has 1 aliphatic rings. The third kappa shape index (κ3) is 3.14. The molecule has 0 saturated heterocycles. The molecular formula is C19H16BrFN2O3. The van der Waals surface area contributed by atoms with E-state index in [4.69, 9.17) is 0 Å². The second-order valence-electron chi connectivity index (χ2n) is 6.02. The molecule has 0 aliphatic carbocycles. The van der Waals surface area contributed by atoms with Crippen molar-refractivity contribution >= 4 is 39.2 Å². The number of rotatable bonds is 3. The monoisotopic (exact) mass is 418 g/mol. The van der Waals surface area contributed by atoms with E-state index in [1.54, 1.807) is 37.3 Å². The zero-order chi connectivity index (χ0) is 19.0. The minimum atomic E-state index is -1.12. The number of amides is 1. The van der Waals surface area contributed by atoms with Crippen LogP contribution in [0, 0.1) is 5.82 Å². The van der Waals surface area contributed by atoms with Gasteiger partial charge in [0.05, 0.1) is 11.4 Å². The van der Waals surface area contributed by atoms with E-state index in [-0.39, 0.29) is 0 Å². The van der Waals surface area contributed by atoms with Crippen LogP contribution in [0.2, 0.25) is 0 Å². The Morgan fingerprint density at radius 3 is 2.65 bits per heavy atom. The van der Waals surface area contributed by atoms with Gasteiger partial charge in [-0.3, -0.25) is 14.7 Å². The summed E-state index contributed by atoms with van der Waals surface area (Å²) in [6.45, 7) is 3.05. The van der Waals surface area contributed by atoms with Crippen LogP contribution in [0.4, 0.5) is 10.1 Å². The van der Waals surface area contributed by atoms with E-state index in [0.717, 1.165) is 0 Å². The fraction of sp³-hybridized carbons (Fsp3) is 0.211. The van der Waals surface area contributed by atoms with Crippen LogP contribution >= 0.6 is 15.9 Å². The van der Waals surface area contributed by atoms with Crippen molar-refractivity contribution in [3.8, 4) is 0 Å². The molecule has 2 aromatic carbocycles. The Labute approximate surface area is 158 Å². The summed E-state index contributed by atoms with van der Waals surface area (Å²) in [5, 5.41) is 9.47. The van der Waals surface area contributed by atoms with E-state index >= 15 is 0 Å². The Kier molecular flexibility index (Phi) is 4.91. The van der Waals surface area contributed by atoms with Crippen LogP contribution in [0.3, 0.4) is 0 Å². The van der Waals surface area contributed by atoms with Gasteiger partial charge >= 0.3 is 5.97 Å². The molecule has 0 fully saturated rings. The van der Waals surface area contributed by atoms with Gasteiger partial charge in [-0.25, -0.2) is 9.18 Å². The summed E-state index contributed by atoms with van der Waals surface area (Å²) in [5.41, 5.74) is 1.95. The highest BCUT2D eigenvalue weighted by atomic mass is 79.9. The van der Waals surface area contributed by atoms with Crippen molar-refractivity contribution in [2.24, 2.45) is 4.99 Å². The number of anilines is 1. The number of aliphatic carboxylic acids is 1. The Morgan fingerprint density at radius 1 is 1.31 bits per heavy atom. The molecule has 3 rings (SSSR count). The van der Waals surface area contributed by atoms with Gasteiger partial charge in [0.15, 0.2) is 0 Å². The number of hydrogen-bond donors (Lipinski definition) is 1. The number of fused-ring (bicyclic) bond motifs is 1. The number of benzene rings is 2. The molecule has 0 bridgehead atoms. The average Bonchev–Trinajstić information content (AvgIpc) is 2.71. The van der Waals surface area contributed by atoms with Crippen LogP contribution in [0.1, 0.15) is 25.0 Å². The van der Waals surface area contributed by atoms with E-state index in [1.807, 2.05) is 0 Å². The van der Waals surface area contributed by atoms with E-state index in [0.29, 0.717) is 27.0 Å². The highest BCUT2D eigenvalue weighted by Crippen LogP contribution is 2.36. The summed E-state index contributed by atoms with van der Waals surface area (Å²) in [4.78, 5) is 30.2. The van der Waals surface area contributed by atoms with Crippen LogP contribution in [0.15, 0.2) is 51.9 Å². The lowest BCUT2D eigenvalue weighted by Crippen LogP contribution is -2.47. The third-order valence-corrected chi connectivity index (χ3v) is 4.88. The molecule has 2 atom stereocenters. The number of carboxylic acids is 1. The number of carboxylic acid groups (broad SMARTS) is 1. The number of carbonyl (C=O) groups is 2. The van der Waals surface area contributed by atoms with Crippen LogP contribution in [-0.4, -0.2) is 34.8 Å². The first-order valence-electron chi connectivity index (χ1n) is 7.99. The smallest absolute Gasteiger partial charge is 0.326 e. The quantitative estimate of drug-likeness (QED) is 0.826. The van der Waals surface area contributed by atoms with Gasteiger partial charge in [-0.1, -0.05) is 24.3 Å². The van der Waals surface area contributed by atoms with Crippen molar-refractivity contribution in [2.75, 3.05) is 4.90 Å². The number of hydrogen-bond acceptors (Lipinski definition) is 3. The summed E-state index contributed by atoms with van der Waals surface area (Å²) in [5.74, 6) is -1.97. The van der Waals surface area contributed by atoms with Crippen LogP contribution < -0.4 is 4.90 Å². The van der Waals surface area contributed by atoms with Crippen molar-refractivity contribution in [2.45, 2.75) is 25.9 Å². The molecule has 0 aromatic heterocycles. The lowest BCUT2D eigenvalue weighted by Gasteiger charge is -2.28. The van der Waals surface area contributed by atoms with Crippen LogP contribution in [0.25, 0.3) is 0 Å². The van der Waals surface area contributed by atoms with Crippen LogP contribution in [-0.2, 0) is 9.59 Å². The van der Waals surface area contributed by atoms with E-state index in [2.05, 4.69) is 20.9 Å². The SMILES string of the molecule is CC1N=C(c2cccc(F)c2)c2cccc(Br)c2N(C(C)C(=O)O)C1=O. The average molecular weight is 419 g/mol. The number of aliphatic imine (C=N–C) groups is 1. The molecule has 5 nitrogen and oxygen atoms in total. The van der Waals surface area contributed by atoms with Crippen molar-refractivity contribution in [1.82, 2.24) is 0 Å². The number of nitrogens with zero attached hydrogens (tertiary/aromatic N) is 2. The number of carbonyl (C=O) groups excluding carboxylic acids is 1. The van der Waals surface area contributed by atoms with E-state index in [9.17, 15) is 19.1 Å². The standard InChI is InChI=1S/C19H16BrFN2O3/c1-10-18(24)23(11(2)19(25)26)17-14(7-4-8-15(17)20)16(22-10)12-5-3-6-13(21)9-12/h3-11H,1-2H3,(H,25,26). The third-order valence-electron chi connectivity index (χ3n) is 4.24. The minimum absolute atomic E-state index is 0.416. The van der Waals surface area contributed by atoms with Crippen molar-refractivity contribution in [3.05, 3.63) is 63.9 Å². The zero-order valence-corrected chi connectivity index (χ0v) is 15.7. The van der Waals surface area contributed by atoms with Gasteiger partial charge in [-0.2, -0.15) is 0 Å².